The van der Waals surface area contributed by atoms with Crippen molar-refractivity contribution in [1.82, 2.24) is 0 Å². The van der Waals surface area contributed by atoms with Crippen molar-refractivity contribution in [1.29, 1.82) is 0 Å². The van der Waals surface area contributed by atoms with Crippen molar-refractivity contribution in [3.63, 3.8) is 0 Å². The second-order valence-corrected chi connectivity index (χ2v) is 5.28. The van der Waals surface area contributed by atoms with Crippen molar-refractivity contribution in [3.05, 3.63) is 58.7 Å². The third kappa shape index (κ3) is 1.44. The SMILES string of the molecule is c1ccc2c(c1)CCCCc1ccc3c(c1-2)C3. The standard InChI is InChI=1S/C17H16/c1-2-7-13-9-10-14-11-16(14)17(13)15-8-4-3-6-12(15)5-1/h3-4,6,8-10H,1-2,5,7,11H2. The second-order valence-electron chi connectivity index (χ2n) is 5.28. The van der Waals surface area contributed by atoms with E-state index in [0.717, 1.165) is 0 Å². The molecule has 0 bridgehead atoms. The van der Waals surface area contributed by atoms with Crippen molar-refractivity contribution in [2.24, 2.45) is 0 Å². The lowest BCUT2D eigenvalue weighted by molar-refractivity contribution is 0.729. The van der Waals surface area contributed by atoms with Gasteiger partial charge in [-0.05, 0) is 65.5 Å². The van der Waals surface area contributed by atoms with Crippen LogP contribution in [-0.4, -0.2) is 0 Å². The molecule has 2 aliphatic rings. The quantitative estimate of drug-likeness (QED) is 0.534. The van der Waals surface area contributed by atoms with Crippen molar-refractivity contribution in [3.8, 4) is 11.1 Å². The first kappa shape index (κ1) is 9.47. The van der Waals surface area contributed by atoms with E-state index < -0.39 is 0 Å². The molecule has 84 valence electrons. The lowest BCUT2D eigenvalue weighted by Gasteiger charge is -2.17. The van der Waals surface area contributed by atoms with Gasteiger partial charge in [-0.2, -0.15) is 0 Å². The Hall–Kier alpha value is -1.56. The highest BCUT2D eigenvalue weighted by Crippen LogP contribution is 2.43. The van der Waals surface area contributed by atoms with Crippen LogP contribution in [0.2, 0.25) is 0 Å². The number of hydrogen-bond acceptors (Lipinski definition) is 0. The molecule has 0 spiro atoms. The summed E-state index contributed by atoms with van der Waals surface area (Å²) < 4.78 is 0. The Morgan fingerprint density at radius 3 is 2.41 bits per heavy atom. The van der Waals surface area contributed by atoms with Gasteiger partial charge >= 0.3 is 0 Å². The summed E-state index contributed by atoms with van der Waals surface area (Å²) in [6.07, 6.45) is 6.40. The topological polar surface area (TPSA) is 0 Å². The average molecular weight is 220 g/mol. The molecule has 0 saturated carbocycles. The van der Waals surface area contributed by atoms with Crippen LogP contribution in [0.15, 0.2) is 36.4 Å². The molecule has 17 heavy (non-hydrogen) atoms. The smallest absolute Gasteiger partial charge is 0.00136 e. The van der Waals surface area contributed by atoms with Crippen LogP contribution in [0.4, 0.5) is 0 Å². The van der Waals surface area contributed by atoms with Gasteiger partial charge in [-0.25, -0.2) is 0 Å². The lowest BCUT2D eigenvalue weighted by Crippen LogP contribution is -1.99. The number of hydrogen-bond donors (Lipinski definition) is 0. The van der Waals surface area contributed by atoms with E-state index in [-0.39, 0.29) is 0 Å². The van der Waals surface area contributed by atoms with E-state index in [9.17, 15) is 0 Å². The van der Waals surface area contributed by atoms with Crippen LogP contribution >= 0.6 is 0 Å². The summed E-state index contributed by atoms with van der Waals surface area (Å²) in [5.41, 5.74) is 9.41. The predicted molar refractivity (Wildman–Crippen MR) is 71.3 cm³/mol. The van der Waals surface area contributed by atoms with E-state index in [1.807, 2.05) is 0 Å². The fourth-order valence-electron chi connectivity index (χ4n) is 3.19. The van der Waals surface area contributed by atoms with Gasteiger partial charge in [-0.15, -0.1) is 0 Å². The Morgan fingerprint density at radius 1 is 0.706 bits per heavy atom. The molecular formula is C17H16. The molecule has 0 heterocycles. The summed E-state index contributed by atoms with van der Waals surface area (Å²) in [5, 5.41) is 0. The molecule has 2 aromatic carbocycles. The van der Waals surface area contributed by atoms with Crippen molar-refractivity contribution < 1.29 is 0 Å². The zero-order valence-electron chi connectivity index (χ0n) is 10.00. The molecule has 0 unspecified atom stereocenters. The molecule has 0 N–H and O–H groups in total. The second kappa shape index (κ2) is 3.46. The highest BCUT2D eigenvalue weighted by Gasteiger charge is 2.25. The van der Waals surface area contributed by atoms with Crippen LogP contribution in [0.25, 0.3) is 11.1 Å². The number of rotatable bonds is 0. The van der Waals surface area contributed by atoms with Crippen LogP contribution < -0.4 is 0 Å². The first-order valence-corrected chi connectivity index (χ1v) is 6.65. The maximum atomic E-state index is 2.36. The Labute approximate surface area is 102 Å². The minimum absolute atomic E-state index is 1.23. The van der Waals surface area contributed by atoms with Gasteiger partial charge in [0.1, 0.15) is 0 Å². The summed E-state index contributed by atoms with van der Waals surface area (Å²) >= 11 is 0. The highest BCUT2D eigenvalue weighted by molar-refractivity contribution is 5.80. The minimum atomic E-state index is 1.23. The number of fused-ring (bicyclic) bond motifs is 5. The van der Waals surface area contributed by atoms with Gasteiger partial charge in [0.15, 0.2) is 0 Å². The normalized spacial score (nSPS) is 16.2. The fourth-order valence-corrected chi connectivity index (χ4v) is 3.19. The summed E-state index contributed by atoms with van der Waals surface area (Å²) in [4.78, 5) is 0. The Morgan fingerprint density at radius 2 is 1.47 bits per heavy atom. The molecule has 0 atom stereocenters. The molecule has 0 radical (unpaired) electrons. The average Bonchev–Trinajstić information content (AvgIpc) is 3.10. The molecule has 2 aliphatic carbocycles. The van der Waals surface area contributed by atoms with E-state index in [0.29, 0.717) is 0 Å². The summed E-state index contributed by atoms with van der Waals surface area (Å²) in [7, 11) is 0. The molecule has 0 nitrogen and oxygen atoms in total. The van der Waals surface area contributed by atoms with Gasteiger partial charge in [0.25, 0.3) is 0 Å². The number of aryl methyl sites for hydroxylation is 2. The van der Waals surface area contributed by atoms with E-state index in [1.165, 1.54) is 37.7 Å². The Kier molecular flexibility index (Phi) is 1.93. The monoisotopic (exact) mass is 220 g/mol. The van der Waals surface area contributed by atoms with Crippen LogP contribution in [0, 0.1) is 0 Å². The van der Waals surface area contributed by atoms with Crippen molar-refractivity contribution >= 4 is 0 Å². The summed E-state index contributed by atoms with van der Waals surface area (Å²) in [5.74, 6) is 0. The van der Waals surface area contributed by atoms with Gasteiger partial charge in [-0.3, -0.25) is 0 Å². The van der Waals surface area contributed by atoms with Gasteiger partial charge in [0.2, 0.25) is 0 Å². The molecule has 0 heteroatoms. The maximum Gasteiger partial charge on any atom is -0.00136 e. The Bertz CT molecular complexity index is 593. The van der Waals surface area contributed by atoms with Gasteiger partial charge < -0.3 is 0 Å². The molecule has 0 fully saturated rings. The third-order valence-electron chi connectivity index (χ3n) is 4.17. The molecular weight excluding hydrogens is 204 g/mol. The molecule has 0 saturated heterocycles. The number of benzene rings is 2. The minimum Gasteiger partial charge on any atom is -0.0620 e. The largest absolute Gasteiger partial charge is 0.0620 e. The van der Waals surface area contributed by atoms with Crippen molar-refractivity contribution in [2.45, 2.75) is 32.1 Å². The van der Waals surface area contributed by atoms with E-state index >= 15 is 0 Å². The lowest BCUT2D eigenvalue weighted by atomic mass is 9.88. The summed E-state index contributed by atoms with van der Waals surface area (Å²) in [6.45, 7) is 0. The molecule has 0 amide bonds. The van der Waals surface area contributed by atoms with Gasteiger partial charge in [0.05, 0.1) is 0 Å². The van der Waals surface area contributed by atoms with Crippen LogP contribution in [0.3, 0.4) is 0 Å². The molecule has 0 aromatic heterocycles. The first-order valence-electron chi connectivity index (χ1n) is 6.65. The summed E-state index contributed by atoms with van der Waals surface area (Å²) in [6, 6.07) is 13.7. The van der Waals surface area contributed by atoms with Crippen molar-refractivity contribution in [2.75, 3.05) is 0 Å². The maximum absolute atomic E-state index is 2.36. The zero-order chi connectivity index (χ0) is 11.2. The van der Waals surface area contributed by atoms with Crippen LogP contribution in [0.1, 0.15) is 35.1 Å². The zero-order valence-corrected chi connectivity index (χ0v) is 10.00. The highest BCUT2D eigenvalue weighted by atomic mass is 14.3. The first-order chi connectivity index (χ1) is 8.43. The molecule has 4 rings (SSSR count). The van der Waals surface area contributed by atoms with Crippen LogP contribution in [0.5, 0.6) is 0 Å². The predicted octanol–water partition coefficient (Wildman–Crippen LogP) is 4.14. The fraction of sp³-hybridized carbons (Fsp3) is 0.294. The third-order valence-corrected chi connectivity index (χ3v) is 4.17. The van der Waals surface area contributed by atoms with Gasteiger partial charge in [-0.1, -0.05) is 36.4 Å². The Balaban J connectivity index is 2.01. The van der Waals surface area contributed by atoms with E-state index in [4.69, 9.17) is 0 Å². The van der Waals surface area contributed by atoms with Crippen LogP contribution in [-0.2, 0) is 19.3 Å². The van der Waals surface area contributed by atoms with E-state index in [1.54, 1.807) is 27.8 Å². The molecule has 2 aromatic rings. The van der Waals surface area contributed by atoms with Gasteiger partial charge in [0, 0.05) is 0 Å². The van der Waals surface area contributed by atoms with E-state index in [2.05, 4.69) is 36.4 Å². The molecule has 0 aliphatic heterocycles.